The lowest BCUT2D eigenvalue weighted by molar-refractivity contribution is -0.0402. The van der Waals surface area contributed by atoms with Crippen molar-refractivity contribution >= 4 is 5.69 Å². The van der Waals surface area contributed by atoms with Gasteiger partial charge in [0, 0.05) is 6.42 Å². The third-order valence-corrected chi connectivity index (χ3v) is 6.09. The van der Waals surface area contributed by atoms with E-state index in [1.54, 1.807) is 18.8 Å². The largest absolute Gasteiger partial charge is 0.396 e. The fraction of sp³-hybridized carbons (Fsp3) is 0.765. The van der Waals surface area contributed by atoms with E-state index < -0.39 is 0 Å². The number of hydrogen-bond donors (Lipinski definition) is 1. The third-order valence-electron chi connectivity index (χ3n) is 6.09. The summed E-state index contributed by atoms with van der Waals surface area (Å²) in [5.74, 6) is 6.26. The van der Waals surface area contributed by atoms with Crippen molar-refractivity contribution in [1.29, 1.82) is 0 Å². The lowest BCUT2D eigenvalue weighted by atomic mass is 9.51. The zero-order chi connectivity index (χ0) is 13.5. The molecular weight excluding hydrogens is 246 g/mol. The number of aromatic nitrogens is 2. The molecule has 0 atom stereocenters. The van der Waals surface area contributed by atoms with Crippen molar-refractivity contribution in [3.63, 3.8) is 0 Å². The van der Waals surface area contributed by atoms with Crippen LogP contribution in [-0.2, 0) is 6.42 Å². The summed E-state index contributed by atoms with van der Waals surface area (Å²) in [5, 5.41) is 0. The van der Waals surface area contributed by atoms with Crippen molar-refractivity contribution in [3.05, 3.63) is 18.2 Å². The van der Waals surface area contributed by atoms with E-state index in [-0.39, 0.29) is 0 Å². The number of nitrogen functional groups attached to an aromatic ring is 1. The van der Waals surface area contributed by atoms with E-state index in [2.05, 4.69) is 9.97 Å². The molecule has 0 radical (unpaired) electrons. The van der Waals surface area contributed by atoms with Crippen LogP contribution in [0.3, 0.4) is 0 Å². The Balaban J connectivity index is 1.32. The zero-order valence-electron chi connectivity index (χ0n) is 12.2. The molecule has 3 heteroatoms. The molecule has 1 heterocycles. The van der Waals surface area contributed by atoms with Gasteiger partial charge in [-0.25, -0.2) is 9.97 Å². The highest BCUT2D eigenvalue weighted by molar-refractivity contribution is 5.30. The van der Waals surface area contributed by atoms with Crippen LogP contribution in [0.4, 0.5) is 5.69 Å². The van der Waals surface area contributed by atoms with Crippen molar-refractivity contribution < 1.29 is 0 Å². The molecule has 4 saturated carbocycles. The van der Waals surface area contributed by atoms with Gasteiger partial charge in [-0.2, -0.15) is 0 Å². The van der Waals surface area contributed by atoms with Crippen LogP contribution >= 0.6 is 0 Å². The molecular formula is C17H25N3. The Morgan fingerprint density at radius 2 is 1.55 bits per heavy atom. The standard InChI is InChI=1S/C17H25N3/c18-15-9-19-17(20-10-15)3-1-2-16-13-5-11-4-12(7-13)8-14(16)6-11/h9-14,16H,1-8,18H2. The minimum atomic E-state index is 0.662. The van der Waals surface area contributed by atoms with E-state index in [0.717, 1.165) is 41.8 Å². The van der Waals surface area contributed by atoms with Crippen LogP contribution in [0, 0.1) is 29.6 Å². The predicted octanol–water partition coefficient (Wildman–Crippen LogP) is 3.45. The summed E-state index contributed by atoms with van der Waals surface area (Å²) in [5.41, 5.74) is 6.29. The number of nitrogens with two attached hydrogens (primary N) is 1. The Kier molecular flexibility index (Phi) is 3.16. The molecule has 108 valence electrons. The SMILES string of the molecule is Nc1cnc(CCCC2C3CC4CC(C3)CC2C4)nc1. The minimum absolute atomic E-state index is 0.662. The molecule has 0 aromatic carbocycles. The fourth-order valence-corrected chi connectivity index (χ4v) is 5.50. The summed E-state index contributed by atoms with van der Waals surface area (Å²) in [4.78, 5) is 8.63. The second-order valence-corrected chi connectivity index (χ2v) is 7.42. The van der Waals surface area contributed by atoms with E-state index in [1.807, 2.05) is 0 Å². The average molecular weight is 271 g/mol. The molecule has 0 amide bonds. The summed E-state index contributed by atoms with van der Waals surface area (Å²) in [6.07, 6.45) is 14.8. The van der Waals surface area contributed by atoms with E-state index in [0.29, 0.717) is 5.69 Å². The first-order valence-electron chi connectivity index (χ1n) is 8.34. The molecule has 5 rings (SSSR count). The van der Waals surface area contributed by atoms with E-state index >= 15 is 0 Å². The number of anilines is 1. The quantitative estimate of drug-likeness (QED) is 0.912. The van der Waals surface area contributed by atoms with Crippen molar-refractivity contribution in [2.45, 2.75) is 51.4 Å². The van der Waals surface area contributed by atoms with Crippen molar-refractivity contribution in [3.8, 4) is 0 Å². The Labute approximate surface area is 121 Å². The Bertz CT molecular complexity index is 440. The Morgan fingerprint density at radius 3 is 2.15 bits per heavy atom. The van der Waals surface area contributed by atoms with Crippen LogP contribution in [0.15, 0.2) is 12.4 Å². The molecule has 1 aromatic heterocycles. The summed E-state index contributed by atoms with van der Waals surface area (Å²) in [7, 11) is 0. The Hall–Kier alpha value is -1.12. The maximum atomic E-state index is 5.63. The average Bonchev–Trinajstić information content (AvgIpc) is 2.43. The first kappa shape index (κ1) is 12.6. The van der Waals surface area contributed by atoms with E-state index in [4.69, 9.17) is 5.73 Å². The van der Waals surface area contributed by atoms with Gasteiger partial charge in [0.25, 0.3) is 0 Å². The summed E-state index contributed by atoms with van der Waals surface area (Å²) < 4.78 is 0. The molecule has 4 aliphatic rings. The van der Waals surface area contributed by atoms with Gasteiger partial charge in [-0.1, -0.05) is 0 Å². The van der Waals surface area contributed by atoms with Crippen molar-refractivity contribution in [2.24, 2.45) is 29.6 Å². The summed E-state index contributed by atoms with van der Waals surface area (Å²) >= 11 is 0. The molecule has 4 fully saturated rings. The highest BCUT2D eigenvalue weighted by Crippen LogP contribution is 2.57. The first-order valence-corrected chi connectivity index (χ1v) is 8.34. The zero-order valence-corrected chi connectivity index (χ0v) is 12.2. The molecule has 0 aliphatic heterocycles. The van der Waals surface area contributed by atoms with E-state index in [9.17, 15) is 0 Å². The predicted molar refractivity (Wildman–Crippen MR) is 79.9 cm³/mol. The third kappa shape index (κ3) is 2.32. The molecule has 0 saturated heterocycles. The maximum Gasteiger partial charge on any atom is 0.128 e. The smallest absolute Gasteiger partial charge is 0.128 e. The molecule has 20 heavy (non-hydrogen) atoms. The van der Waals surface area contributed by atoms with Crippen molar-refractivity contribution in [1.82, 2.24) is 9.97 Å². The fourth-order valence-electron chi connectivity index (χ4n) is 5.50. The van der Waals surface area contributed by atoms with Crippen molar-refractivity contribution in [2.75, 3.05) is 5.73 Å². The topological polar surface area (TPSA) is 51.8 Å². The molecule has 1 aromatic rings. The molecule has 0 unspecified atom stereocenters. The second-order valence-electron chi connectivity index (χ2n) is 7.42. The van der Waals surface area contributed by atoms with Gasteiger partial charge in [-0.3, -0.25) is 0 Å². The molecule has 3 nitrogen and oxygen atoms in total. The minimum Gasteiger partial charge on any atom is -0.396 e. The number of nitrogens with zero attached hydrogens (tertiary/aromatic N) is 2. The van der Waals surface area contributed by atoms with Crippen LogP contribution in [-0.4, -0.2) is 9.97 Å². The van der Waals surface area contributed by atoms with Gasteiger partial charge in [0.05, 0.1) is 18.1 Å². The van der Waals surface area contributed by atoms with Gasteiger partial charge < -0.3 is 5.73 Å². The van der Waals surface area contributed by atoms with Gasteiger partial charge in [0.1, 0.15) is 5.82 Å². The van der Waals surface area contributed by atoms with Crippen LogP contribution in [0.25, 0.3) is 0 Å². The lowest BCUT2D eigenvalue weighted by Gasteiger charge is -2.54. The maximum absolute atomic E-state index is 5.63. The van der Waals surface area contributed by atoms with Gasteiger partial charge >= 0.3 is 0 Å². The Morgan fingerprint density at radius 1 is 0.950 bits per heavy atom. The summed E-state index contributed by atoms with van der Waals surface area (Å²) in [6.45, 7) is 0. The highest BCUT2D eigenvalue weighted by Gasteiger charge is 2.47. The number of hydrogen-bond acceptors (Lipinski definition) is 3. The first-order chi connectivity index (χ1) is 9.78. The normalized spacial score (nSPS) is 38.3. The van der Waals surface area contributed by atoms with Crippen LogP contribution in [0.5, 0.6) is 0 Å². The van der Waals surface area contributed by atoms with Gasteiger partial charge in [0.15, 0.2) is 0 Å². The van der Waals surface area contributed by atoms with Gasteiger partial charge in [0.2, 0.25) is 0 Å². The van der Waals surface area contributed by atoms with Gasteiger partial charge in [-0.05, 0) is 74.5 Å². The van der Waals surface area contributed by atoms with Crippen LogP contribution in [0.2, 0.25) is 0 Å². The van der Waals surface area contributed by atoms with Crippen LogP contribution < -0.4 is 5.73 Å². The van der Waals surface area contributed by atoms with Crippen LogP contribution in [0.1, 0.15) is 50.8 Å². The van der Waals surface area contributed by atoms with E-state index in [1.165, 1.54) is 38.5 Å². The second kappa shape index (κ2) is 5.01. The summed E-state index contributed by atoms with van der Waals surface area (Å²) in [6, 6.07) is 0. The molecule has 0 spiro atoms. The monoisotopic (exact) mass is 271 g/mol. The number of aryl methyl sites for hydroxylation is 1. The highest BCUT2D eigenvalue weighted by atomic mass is 14.9. The lowest BCUT2D eigenvalue weighted by Crippen LogP contribution is -2.45. The van der Waals surface area contributed by atoms with Gasteiger partial charge in [-0.15, -0.1) is 0 Å². The number of rotatable bonds is 4. The molecule has 4 aliphatic carbocycles. The molecule has 2 N–H and O–H groups in total. The molecule has 4 bridgehead atoms.